The van der Waals surface area contributed by atoms with E-state index in [1.54, 1.807) is 18.2 Å². The Hall–Kier alpha value is -1.85. The van der Waals surface area contributed by atoms with E-state index < -0.39 is 0 Å². The van der Waals surface area contributed by atoms with Gasteiger partial charge in [-0.1, -0.05) is 37.9 Å². The Labute approximate surface area is 170 Å². The van der Waals surface area contributed by atoms with E-state index in [4.69, 9.17) is 9.47 Å². The van der Waals surface area contributed by atoms with Gasteiger partial charge in [0.15, 0.2) is 5.78 Å². The summed E-state index contributed by atoms with van der Waals surface area (Å²) < 4.78 is 12.9. The number of rotatable bonds is 0. The van der Waals surface area contributed by atoms with Gasteiger partial charge < -0.3 is 9.47 Å². The van der Waals surface area contributed by atoms with Gasteiger partial charge in [-0.05, 0) is 61.0 Å². The monoisotopic (exact) mass is 476 g/mol. The van der Waals surface area contributed by atoms with Crippen LogP contribution >= 0.6 is 31.9 Å². The maximum atomic E-state index is 11.5. The molecule has 5 heteroatoms. The fourth-order valence-electron chi connectivity index (χ4n) is 2.69. The van der Waals surface area contributed by atoms with Crippen LogP contribution in [0.2, 0.25) is 0 Å². The maximum Gasteiger partial charge on any atom is 0.189 e. The number of carbonyl (C=O) groups excluding carboxylic acids is 1. The van der Waals surface area contributed by atoms with Gasteiger partial charge in [-0.3, -0.25) is 4.79 Å². The minimum absolute atomic E-state index is 0.00574. The second-order valence-electron chi connectivity index (χ2n) is 5.88. The maximum absolute atomic E-state index is 11.5. The predicted molar refractivity (Wildman–Crippen MR) is 111 cm³/mol. The number of allylic oxidation sites excluding steroid dienone is 2. The lowest BCUT2D eigenvalue weighted by atomic mass is 10.1. The first kappa shape index (κ1) is 18.9. The molecule has 0 amide bonds. The number of hydrogen-bond acceptors (Lipinski definition) is 3. The zero-order chi connectivity index (χ0) is 18.5. The van der Waals surface area contributed by atoms with Crippen molar-refractivity contribution in [2.45, 2.75) is 13.3 Å². The van der Waals surface area contributed by atoms with Crippen LogP contribution in [0.3, 0.4) is 0 Å². The van der Waals surface area contributed by atoms with Crippen molar-refractivity contribution in [3.8, 4) is 11.5 Å². The van der Waals surface area contributed by atoms with Gasteiger partial charge in [0, 0.05) is 20.9 Å². The lowest BCUT2D eigenvalue weighted by molar-refractivity contribution is 0.104. The van der Waals surface area contributed by atoms with Crippen LogP contribution in [-0.4, -0.2) is 19.0 Å². The molecule has 4 rings (SSSR count). The van der Waals surface area contributed by atoms with E-state index in [0.717, 1.165) is 27.7 Å². The molecule has 3 nitrogen and oxygen atoms in total. The fourth-order valence-corrected chi connectivity index (χ4v) is 3.42. The predicted octanol–water partition coefficient (Wildman–Crippen LogP) is 6.22. The molecule has 2 aromatic carbocycles. The molecular weight excluding hydrogens is 460 g/mol. The van der Waals surface area contributed by atoms with Crippen molar-refractivity contribution < 1.29 is 14.3 Å². The number of ether oxygens (including phenoxy) is 2. The topological polar surface area (TPSA) is 35.5 Å². The lowest BCUT2D eigenvalue weighted by Gasteiger charge is -2.07. The molecule has 0 N–H and O–H groups in total. The molecule has 0 aliphatic carbocycles. The Morgan fingerprint density at radius 2 is 1.58 bits per heavy atom. The number of hydrogen-bond donors (Lipinski definition) is 0. The summed E-state index contributed by atoms with van der Waals surface area (Å²) in [7, 11) is 0. The molecule has 2 aromatic rings. The van der Waals surface area contributed by atoms with Crippen LogP contribution in [-0.2, 0) is 0 Å². The molecule has 0 bridgehead atoms. The Balaban J connectivity index is 0.000000151. The van der Waals surface area contributed by atoms with Crippen LogP contribution in [0.25, 0.3) is 5.57 Å². The lowest BCUT2D eigenvalue weighted by Crippen LogP contribution is -1.97. The first-order chi connectivity index (χ1) is 12.5. The van der Waals surface area contributed by atoms with Gasteiger partial charge in [-0.15, -0.1) is 0 Å². The summed E-state index contributed by atoms with van der Waals surface area (Å²) in [6, 6.07) is 11.6. The van der Waals surface area contributed by atoms with E-state index in [9.17, 15) is 4.79 Å². The SMILES string of the molecule is CC1=CCCOc2ccc(Br)cc21.O=C1C=CCOc2ccc(Br)cc21. The van der Waals surface area contributed by atoms with Gasteiger partial charge in [0.25, 0.3) is 0 Å². The highest BCUT2D eigenvalue weighted by Gasteiger charge is 2.12. The Morgan fingerprint density at radius 1 is 0.923 bits per heavy atom. The number of carbonyl (C=O) groups is 1. The minimum Gasteiger partial charge on any atom is -0.493 e. The summed E-state index contributed by atoms with van der Waals surface area (Å²) in [6.07, 6.45) is 6.48. The van der Waals surface area contributed by atoms with Crippen LogP contribution in [0, 0.1) is 0 Å². The molecule has 0 unspecified atom stereocenters. The average molecular weight is 478 g/mol. The summed E-state index contributed by atoms with van der Waals surface area (Å²) in [4.78, 5) is 11.5. The zero-order valence-corrected chi connectivity index (χ0v) is 17.5. The van der Waals surface area contributed by atoms with E-state index >= 15 is 0 Å². The number of fused-ring (bicyclic) bond motifs is 2. The number of ketones is 1. The third-order valence-corrected chi connectivity index (χ3v) is 4.99. The van der Waals surface area contributed by atoms with Crippen LogP contribution in [0.4, 0.5) is 0 Å². The van der Waals surface area contributed by atoms with Crippen molar-refractivity contribution in [3.05, 3.63) is 74.7 Å². The van der Waals surface area contributed by atoms with Gasteiger partial charge in [0.05, 0.1) is 12.2 Å². The van der Waals surface area contributed by atoms with Crippen molar-refractivity contribution in [1.82, 2.24) is 0 Å². The van der Waals surface area contributed by atoms with E-state index in [-0.39, 0.29) is 5.78 Å². The summed E-state index contributed by atoms with van der Waals surface area (Å²) in [5, 5.41) is 0. The molecule has 2 heterocycles. The molecule has 26 heavy (non-hydrogen) atoms. The Kier molecular flexibility index (Phi) is 6.33. The molecule has 0 fully saturated rings. The minimum atomic E-state index is -0.00574. The standard InChI is InChI=1S/C11H11BrO.C10H7BrO2/c1-8-3-2-6-13-11-5-4-9(12)7-10(8)11;11-7-3-4-10-8(6-7)9(12)2-1-5-13-10/h3-5,7H,2,6H2,1H3;1-4,6H,5H2. The van der Waals surface area contributed by atoms with Gasteiger partial charge in [-0.2, -0.15) is 0 Å². The van der Waals surface area contributed by atoms with Crippen molar-refractivity contribution in [2.24, 2.45) is 0 Å². The second-order valence-corrected chi connectivity index (χ2v) is 7.71. The smallest absolute Gasteiger partial charge is 0.189 e. The van der Waals surface area contributed by atoms with Crippen molar-refractivity contribution in [3.63, 3.8) is 0 Å². The summed E-state index contributed by atoms with van der Waals surface area (Å²) >= 11 is 6.77. The normalized spacial score (nSPS) is 15.0. The molecule has 0 saturated heterocycles. The van der Waals surface area contributed by atoms with Gasteiger partial charge in [0.2, 0.25) is 0 Å². The Bertz CT molecular complexity index is 841. The highest BCUT2D eigenvalue weighted by atomic mass is 79.9. The molecular formula is C21H18Br2O3. The van der Waals surface area contributed by atoms with Crippen molar-refractivity contribution >= 4 is 43.2 Å². The van der Waals surface area contributed by atoms with Gasteiger partial charge in [-0.25, -0.2) is 0 Å². The fraction of sp³-hybridized carbons (Fsp3) is 0.190. The first-order valence-corrected chi connectivity index (χ1v) is 9.86. The molecule has 0 aromatic heterocycles. The molecule has 0 spiro atoms. The summed E-state index contributed by atoms with van der Waals surface area (Å²) in [6.45, 7) is 3.37. The quantitative estimate of drug-likeness (QED) is 0.452. The van der Waals surface area contributed by atoms with Crippen LogP contribution in [0.15, 0.2) is 63.6 Å². The van der Waals surface area contributed by atoms with E-state index in [1.807, 2.05) is 18.2 Å². The van der Waals surface area contributed by atoms with E-state index in [0.29, 0.717) is 17.9 Å². The average Bonchev–Trinajstić information content (AvgIpc) is 2.92. The molecule has 2 aliphatic rings. The molecule has 0 atom stereocenters. The van der Waals surface area contributed by atoms with Gasteiger partial charge >= 0.3 is 0 Å². The molecule has 2 aliphatic heterocycles. The van der Waals surface area contributed by atoms with E-state index in [2.05, 4.69) is 50.9 Å². The third kappa shape index (κ3) is 4.65. The van der Waals surface area contributed by atoms with Crippen LogP contribution in [0.5, 0.6) is 11.5 Å². The third-order valence-electron chi connectivity index (χ3n) is 4.00. The molecule has 0 saturated carbocycles. The first-order valence-electron chi connectivity index (χ1n) is 8.27. The largest absolute Gasteiger partial charge is 0.493 e. The number of benzene rings is 2. The molecule has 134 valence electrons. The van der Waals surface area contributed by atoms with Crippen LogP contribution < -0.4 is 9.47 Å². The van der Waals surface area contributed by atoms with E-state index in [1.165, 1.54) is 17.2 Å². The highest BCUT2D eigenvalue weighted by Crippen LogP contribution is 2.31. The van der Waals surface area contributed by atoms with Gasteiger partial charge in [0.1, 0.15) is 18.1 Å². The van der Waals surface area contributed by atoms with Crippen LogP contribution in [0.1, 0.15) is 29.3 Å². The highest BCUT2D eigenvalue weighted by molar-refractivity contribution is 9.10. The summed E-state index contributed by atoms with van der Waals surface area (Å²) in [5.74, 6) is 1.64. The Morgan fingerprint density at radius 3 is 2.31 bits per heavy atom. The second kappa shape index (κ2) is 8.69. The van der Waals surface area contributed by atoms with Crippen molar-refractivity contribution in [2.75, 3.05) is 13.2 Å². The zero-order valence-electron chi connectivity index (χ0n) is 14.3. The number of halogens is 2. The molecule has 0 radical (unpaired) electrons. The van der Waals surface area contributed by atoms with Crippen molar-refractivity contribution in [1.29, 1.82) is 0 Å². The summed E-state index contributed by atoms with van der Waals surface area (Å²) in [5.41, 5.74) is 3.11.